The molecule has 0 spiro atoms. The Hall–Kier alpha value is -2.84. The van der Waals surface area contributed by atoms with Crippen molar-refractivity contribution in [3.05, 3.63) is 58.6 Å². The molecular weight excluding hydrogens is 350 g/mol. The van der Waals surface area contributed by atoms with Gasteiger partial charge in [0, 0.05) is 25.7 Å². The van der Waals surface area contributed by atoms with Crippen molar-refractivity contribution in [2.75, 3.05) is 20.1 Å². The van der Waals surface area contributed by atoms with Gasteiger partial charge in [0.05, 0.1) is 10.6 Å². The largest absolute Gasteiger partial charge is 0.342 e. The van der Waals surface area contributed by atoms with E-state index in [1.165, 1.54) is 0 Å². The molecule has 0 unspecified atom stereocenters. The number of hydrogen-bond acceptors (Lipinski definition) is 3. The smallest absolute Gasteiger partial charge is 0.254 e. The second-order valence-corrected chi connectivity index (χ2v) is 6.73. The minimum Gasteiger partial charge on any atom is -0.342 e. The fraction of sp³-hybridized carbons (Fsp3) is 0.250. The fourth-order valence-corrected chi connectivity index (χ4v) is 3.27. The lowest BCUT2D eigenvalue weighted by Crippen LogP contribution is -2.56. The molecule has 0 bridgehead atoms. The van der Waals surface area contributed by atoms with Crippen LogP contribution in [0, 0.1) is 11.3 Å². The number of hydrogen-bond donors (Lipinski definition) is 0. The van der Waals surface area contributed by atoms with Crippen molar-refractivity contribution >= 4 is 23.4 Å². The van der Waals surface area contributed by atoms with Crippen molar-refractivity contribution in [2.24, 2.45) is 0 Å². The number of amides is 2. The van der Waals surface area contributed by atoms with Gasteiger partial charge in [-0.1, -0.05) is 29.8 Å². The van der Waals surface area contributed by atoms with Gasteiger partial charge in [0.15, 0.2) is 0 Å². The van der Waals surface area contributed by atoms with E-state index < -0.39 is 6.04 Å². The lowest BCUT2D eigenvalue weighted by Gasteiger charge is -2.37. The molecule has 2 aromatic rings. The van der Waals surface area contributed by atoms with Crippen LogP contribution in [0.25, 0.3) is 11.1 Å². The van der Waals surface area contributed by atoms with E-state index in [2.05, 4.69) is 0 Å². The van der Waals surface area contributed by atoms with Gasteiger partial charge in [0.25, 0.3) is 5.91 Å². The molecule has 1 heterocycles. The van der Waals surface area contributed by atoms with E-state index in [0.717, 1.165) is 11.1 Å². The van der Waals surface area contributed by atoms with Gasteiger partial charge in [-0.25, -0.2) is 0 Å². The molecule has 132 valence electrons. The van der Waals surface area contributed by atoms with Crippen LogP contribution < -0.4 is 0 Å². The SMILES string of the molecule is C[C@H]1C(=O)N(C)CCN1C(=O)c1ccc(-c2ccc(C#N)c(Cl)c2)cc1. The van der Waals surface area contributed by atoms with Crippen molar-refractivity contribution in [2.45, 2.75) is 13.0 Å². The molecule has 1 aliphatic heterocycles. The zero-order chi connectivity index (χ0) is 18.8. The standard InChI is InChI=1S/C20H18ClN3O2/c1-13-19(25)23(2)9-10-24(13)20(26)15-5-3-14(4-6-15)16-7-8-17(12-22)18(21)11-16/h3-8,11,13H,9-10H2,1-2H3/t13-/m0/s1. The first kappa shape index (κ1) is 18.0. The van der Waals surface area contributed by atoms with Gasteiger partial charge in [-0.2, -0.15) is 5.26 Å². The highest BCUT2D eigenvalue weighted by Crippen LogP contribution is 2.26. The summed E-state index contributed by atoms with van der Waals surface area (Å²) in [6.45, 7) is 2.81. The molecule has 1 saturated heterocycles. The second kappa shape index (κ2) is 7.19. The summed E-state index contributed by atoms with van der Waals surface area (Å²) in [5.41, 5.74) is 2.74. The molecule has 26 heavy (non-hydrogen) atoms. The molecule has 1 aliphatic rings. The number of halogens is 1. The van der Waals surface area contributed by atoms with E-state index in [1.54, 1.807) is 48.0 Å². The van der Waals surface area contributed by atoms with E-state index in [-0.39, 0.29) is 11.8 Å². The van der Waals surface area contributed by atoms with E-state index in [4.69, 9.17) is 16.9 Å². The molecule has 0 N–H and O–H groups in total. The maximum Gasteiger partial charge on any atom is 0.254 e. The van der Waals surface area contributed by atoms with Crippen LogP contribution in [-0.2, 0) is 4.79 Å². The summed E-state index contributed by atoms with van der Waals surface area (Å²) in [6.07, 6.45) is 0. The highest BCUT2D eigenvalue weighted by Gasteiger charge is 2.32. The van der Waals surface area contributed by atoms with Crippen LogP contribution in [-0.4, -0.2) is 47.8 Å². The van der Waals surface area contributed by atoms with Crippen molar-refractivity contribution in [1.82, 2.24) is 9.80 Å². The molecule has 6 heteroatoms. The summed E-state index contributed by atoms with van der Waals surface area (Å²) >= 11 is 6.08. The van der Waals surface area contributed by atoms with Crippen molar-refractivity contribution in [3.8, 4) is 17.2 Å². The molecule has 2 aromatic carbocycles. The van der Waals surface area contributed by atoms with Gasteiger partial charge < -0.3 is 9.80 Å². The molecule has 1 atom stereocenters. The minimum atomic E-state index is -0.460. The lowest BCUT2D eigenvalue weighted by atomic mass is 10.0. The molecule has 0 aromatic heterocycles. The Morgan fingerprint density at radius 3 is 2.42 bits per heavy atom. The number of piperazine rings is 1. The summed E-state index contributed by atoms with van der Waals surface area (Å²) in [5.74, 6) is -0.197. The van der Waals surface area contributed by atoms with Crippen molar-refractivity contribution in [3.63, 3.8) is 0 Å². The lowest BCUT2D eigenvalue weighted by molar-refractivity contribution is -0.137. The average Bonchev–Trinajstić information content (AvgIpc) is 2.66. The van der Waals surface area contributed by atoms with Crippen LogP contribution in [0.5, 0.6) is 0 Å². The van der Waals surface area contributed by atoms with Gasteiger partial charge in [-0.05, 0) is 42.3 Å². The molecular formula is C20H18ClN3O2. The van der Waals surface area contributed by atoms with Gasteiger partial charge in [-0.3, -0.25) is 9.59 Å². The summed E-state index contributed by atoms with van der Waals surface area (Å²) in [4.78, 5) is 28.1. The third kappa shape index (κ3) is 3.29. The zero-order valence-corrected chi connectivity index (χ0v) is 15.3. The Balaban J connectivity index is 1.81. The minimum absolute atomic E-state index is 0.0477. The van der Waals surface area contributed by atoms with E-state index in [9.17, 15) is 9.59 Å². The number of carbonyl (C=O) groups excluding carboxylic acids is 2. The monoisotopic (exact) mass is 367 g/mol. The number of carbonyl (C=O) groups is 2. The Labute approximate surface area is 157 Å². The topological polar surface area (TPSA) is 64.4 Å². The van der Waals surface area contributed by atoms with Crippen LogP contribution in [0.1, 0.15) is 22.8 Å². The summed E-state index contributed by atoms with van der Waals surface area (Å²) < 4.78 is 0. The van der Waals surface area contributed by atoms with Gasteiger partial charge in [-0.15, -0.1) is 0 Å². The van der Waals surface area contributed by atoms with Crippen molar-refractivity contribution < 1.29 is 9.59 Å². The van der Waals surface area contributed by atoms with E-state index in [1.807, 2.05) is 24.3 Å². The van der Waals surface area contributed by atoms with Gasteiger partial charge in [0.1, 0.15) is 12.1 Å². The Morgan fingerprint density at radius 2 is 1.81 bits per heavy atom. The quantitative estimate of drug-likeness (QED) is 0.818. The maximum atomic E-state index is 12.7. The molecule has 1 fully saturated rings. The maximum absolute atomic E-state index is 12.7. The van der Waals surface area contributed by atoms with Crippen LogP contribution in [0.4, 0.5) is 0 Å². The number of benzene rings is 2. The van der Waals surface area contributed by atoms with Crippen LogP contribution in [0.3, 0.4) is 0 Å². The first-order chi connectivity index (χ1) is 12.4. The fourth-order valence-electron chi connectivity index (χ4n) is 3.05. The third-order valence-electron chi connectivity index (χ3n) is 4.69. The first-order valence-corrected chi connectivity index (χ1v) is 8.66. The molecule has 0 aliphatic carbocycles. The van der Waals surface area contributed by atoms with E-state index in [0.29, 0.717) is 29.2 Å². The van der Waals surface area contributed by atoms with Crippen LogP contribution in [0.15, 0.2) is 42.5 Å². The predicted molar refractivity (Wildman–Crippen MR) is 99.7 cm³/mol. The van der Waals surface area contributed by atoms with E-state index >= 15 is 0 Å². The normalized spacial score (nSPS) is 17.2. The summed E-state index contributed by atoms with van der Waals surface area (Å²) in [7, 11) is 1.75. The molecule has 0 radical (unpaired) electrons. The van der Waals surface area contributed by atoms with Gasteiger partial charge >= 0.3 is 0 Å². The number of rotatable bonds is 2. The highest BCUT2D eigenvalue weighted by molar-refractivity contribution is 6.32. The summed E-state index contributed by atoms with van der Waals surface area (Å²) in [6, 6.07) is 14.0. The Morgan fingerprint density at radius 1 is 1.15 bits per heavy atom. The number of likely N-dealkylation sites (N-methyl/N-ethyl adjacent to an activating group) is 1. The van der Waals surface area contributed by atoms with Crippen molar-refractivity contribution in [1.29, 1.82) is 5.26 Å². The average molecular weight is 368 g/mol. The number of nitrogens with zero attached hydrogens (tertiary/aromatic N) is 3. The van der Waals surface area contributed by atoms with Crippen LogP contribution in [0.2, 0.25) is 5.02 Å². The molecule has 5 nitrogen and oxygen atoms in total. The molecule has 0 saturated carbocycles. The summed E-state index contributed by atoms with van der Waals surface area (Å²) in [5, 5.41) is 9.35. The van der Waals surface area contributed by atoms with Gasteiger partial charge in [0.2, 0.25) is 5.91 Å². The molecule has 2 amide bonds. The zero-order valence-electron chi connectivity index (χ0n) is 14.6. The Bertz CT molecular complexity index is 902. The third-order valence-corrected chi connectivity index (χ3v) is 5.01. The number of nitriles is 1. The second-order valence-electron chi connectivity index (χ2n) is 6.32. The molecule has 3 rings (SSSR count). The predicted octanol–water partition coefficient (Wildman–Crippen LogP) is 3.18. The first-order valence-electron chi connectivity index (χ1n) is 8.28. The highest BCUT2D eigenvalue weighted by atomic mass is 35.5. The Kier molecular flexibility index (Phi) is 4.97. The van der Waals surface area contributed by atoms with Crippen LogP contribution >= 0.6 is 11.6 Å².